The van der Waals surface area contributed by atoms with E-state index in [1.54, 1.807) is 0 Å². The minimum absolute atomic E-state index is 0.0608. The standard InChI is InChI=1S/C18H21BrFNO5S/c1-2-8-21(15-7-9-27(24,25)12-15)17(22)11-26-18(23)6-3-13-10-14(19)4-5-16(13)20/h3-6,10,15H,2,7-9,11-12H2,1H3/b6-3+. The van der Waals surface area contributed by atoms with Crippen molar-refractivity contribution in [3.8, 4) is 0 Å². The largest absolute Gasteiger partial charge is 0.452 e. The molecule has 1 atom stereocenters. The summed E-state index contributed by atoms with van der Waals surface area (Å²) < 4.78 is 42.5. The van der Waals surface area contributed by atoms with E-state index in [9.17, 15) is 22.4 Å². The van der Waals surface area contributed by atoms with Crippen molar-refractivity contribution >= 4 is 43.7 Å². The third-order valence-electron chi connectivity index (χ3n) is 4.13. The van der Waals surface area contributed by atoms with Crippen LogP contribution in [-0.2, 0) is 24.2 Å². The SMILES string of the molecule is CCCN(C(=O)COC(=O)/C=C/c1cc(Br)ccc1F)C1CCS(=O)(=O)C1. The average molecular weight is 462 g/mol. The first-order valence-electron chi connectivity index (χ1n) is 8.51. The third kappa shape index (κ3) is 6.42. The van der Waals surface area contributed by atoms with Gasteiger partial charge in [0.25, 0.3) is 5.91 Å². The van der Waals surface area contributed by atoms with Gasteiger partial charge in [0.05, 0.1) is 11.5 Å². The molecule has 1 unspecified atom stereocenters. The smallest absolute Gasteiger partial charge is 0.331 e. The zero-order chi connectivity index (χ0) is 20.0. The number of halogens is 2. The maximum Gasteiger partial charge on any atom is 0.331 e. The summed E-state index contributed by atoms with van der Waals surface area (Å²) in [7, 11) is -3.12. The van der Waals surface area contributed by atoms with Crippen LogP contribution in [0.15, 0.2) is 28.7 Å². The maximum atomic E-state index is 13.6. The molecule has 0 aliphatic carbocycles. The molecule has 148 valence electrons. The lowest BCUT2D eigenvalue weighted by atomic mass is 10.2. The van der Waals surface area contributed by atoms with E-state index in [0.29, 0.717) is 23.9 Å². The number of carbonyl (C=O) groups is 2. The summed E-state index contributed by atoms with van der Waals surface area (Å²) in [6.45, 7) is 1.79. The number of amides is 1. The highest BCUT2D eigenvalue weighted by Gasteiger charge is 2.34. The molecule has 9 heteroatoms. The summed E-state index contributed by atoms with van der Waals surface area (Å²) in [6, 6.07) is 3.92. The van der Waals surface area contributed by atoms with Gasteiger partial charge in [-0.3, -0.25) is 4.79 Å². The maximum absolute atomic E-state index is 13.6. The van der Waals surface area contributed by atoms with Gasteiger partial charge in [-0.1, -0.05) is 22.9 Å². The molecular weight excluding hydrogens is 441 g/mol. The van der Waals surface area contributed by atoms with E-state index in [2.05, 4.69) is 15.9 Å². The number of ether oxygens (including phenoxy) is 1. The first kappa shape index (κ1) is 21.6. The van der Waals surface area contributed by atoms with E-state index in [-0.39, 0.29) is 23.1 Å². The Morgan fingerprint density at radius 1 is 1.41 bits per heavy atom. The number of esters is 1. The van der Waals surface area contributed by atoms with Crippen LogP contribution in [0.25, 0.3) is 6.08 Å². The molecule has 1 heterocycles. The lowest BCUT2D eigenvalue weighted by Crippen LogP contribution is -2.43. The predicted octanol–water partition coefficient (Wildman–Crippen LogP) is 2.57. The molecule has 0 N–H and O–H groups in total. The molecule has 1 amide bonds. The Morgan fingerprint density at radius 2 is 2.15 bits per heavy atom. The van der Waals surface area contributed by atoms with Crippen LogP contribution >= 0.6 is 15.9 Å². The van der Waals surface area contributed by atoms with Crippen molar-refractivity contribution in [2.24, 2.45) is 0 Å². The molecule has 1 aliphatic rings. The molecule has 6 nitrogen and oxygen atoms in total. The Morgan fingerprint density at radius 3 is 2.78 bits per heavy atom. The molecule has 2 rings (SSSR count). The van der Waals surface area contributed by atoms with Crippen molar-refractivity contribution in [2.75, 3.05) is 24.7 Å². The number of carbonyl (C=O) groups excluding carboxylic acids is 2. The monoisotopic (exact) mass is 461 g/mol. The fraction of sp³-hybridized carbons (Fsp3) is 0.444. The van der Waals surface area contributed by atoms with Gasteiger partial charge in [0.2, 0.25) is 0 Å². The predicted molar refractivity (Wildman–Crippen MR) is 103 cm³/mol. The van der Waals surface area contributed by atoms with E-state index in [1.807, 2.05) is 6.92 Å². The number of hydrogen-bond acceptors (Lipinski definition) is 5. The van der Waals surface area contributed by atoms with E-state index >= 15 is 0 Å². The minimum Gasteiger partial charge on any atom is -0.452 e. The molecule has 1 saturated heterocycles. The second kappa shape index (κ2) is 9.45. The topological polar surface area (TPSA) is 80.8 Å². The van der Waals surface area contributed by atoms with Gasteiger partial charge in [-0.25, -0.2) is 17.6 Å². The first-order chi connectivity index (χ1) is 12.7. The van der Waals surface area contributed by atoms with Crippen molar-refractivity contribution in [3.63, 3.8) is 0 Å². The Kier molecular flexibility index (Phi) is 7.55. The van der Waals surface area contributed by atoms with Crippen LogP contribution in [-0.4, -0.2) is 55.9 Å². The molecule has 1 fully saturated rings. The summed E-state index contributed by atoms with van der Waals surface area (Å²) in [5.74, 6) is -1.71. The molecule has 0 spiro atoms. The zero-order valence-corrected chi connectivity index (χ0v) is 17.3. The number of nitrogens with zero attached hydrogens (tertiary/aromatic N) is 1. The molecule has 0 radical (unpaired) electrons. The lowest BCUT2D eigenvalue weighted by molar-refractivity contribution is -0.149. The highest BCUT2D eigenvalue weighted by molar-refractivity contribution is 9.10. The fourth-order valence-electron chi connectivity index (χ4n) is 2.84. The average Bonchev–Trinajstić information content (AvgIpc) is 2.97. The van der Waals surface area contributed by atoms with Gasteiger partial charge < -0.3 is 9.64 Å². The first-order valence-corrected chi connectivity index (χ1v) is 11.1. The number of sulfone groups is 1. The van der Waals surface area contributed by atoms with Crippen molar-refractivity contribution in [1.82, 2.24) is 4.90 Å². The summed E-state index contributed by atoms with van der Waals surface area (Å²) in [5, 5.41) is 0. The molecule has 0 saturated carbocycles. The van der Waals surface area contributed by atoms with Crippen molar-refractivity contribution in [1.29, 1.82) is 0 Å². The van der Waals surface area contributed by atoms with Crippen LogP contribution in [0, 0.1) is 5.82 Å². The summed E-state index contributed by atoms with van der Waals surface area (Å²) in [6.07, 6.45) is 3.37. The highest BCUT2D eigenvalue weighted by Crippen LogP contribution is 2.19. The molecule has 1 aliphatic heterocycles. The van der Waals surface area contributed by atoms with Crippen LogP contribution < -0.4 is 0 Å². The van der Waals surface area contributed by atoms with Crippen LogP contribution in [0.2, 0.25) is 0 Å². The molecule has 1 aromatic rings. The number of benzene rings is 1. The van der Waals surface area contributed by atoms with Gasteiger partial charge in [0.15, 0.2) is 16.4 Å². The van der Waals surface area contributed by atoms with Gasteiger partial charge in [-0.15, -0.1) is 0 Å². The molecule has 0 aromatic heterocycles. The highest BCUT2D eigenvalue weighted by atomic mass is 79.9. The Labute approximate surface area is 166 Å². The summed E-state index contributed by atoms with van der Waals surface area (Å²) in [5.41, 5.74) is 0.205. The van der Waals surface area contributed by atoms with E-state index in [0.717, 1.165) is 6.08 Å². The van der Waals surface area contributed by atoms with E-state index in [1.165, 1.54) is 29.2 Å². The second-order valence-electron chi connectivity index (χ2n) is 6.25. The van der Waals surface area contributed by atoms with Crippen LogP contribution in [0.3, 0.4) is 0 Å². The minimum atomic E-state index is -3.12. The van der Waals surface area contributed by atoms with Crippen LogP contribution in [0.1, 0.15) is 25.3 Å². The number of rotatable bonds is 7. The molecule has 0 bridgehead atoms. The fourth-order valence-corrected chi connectivity index (χ4v) is 4.95. The Balaban J connectivity index is 1.93. The van der Waals surface area contributed by atoms with Gasteiger partial charge in [0.1, 0.15) is 5.82 Å². The Hall–Kier alpha value is -1.74. The summed E-state index contributed by atoms with van der Waals surface area (Å²) >= 11 is 3.21. The van der Waals surface area contributed by atoms with Crippen molar-refractivity contribution in [3.05, 3.63) is 40.1 Å². The van der Waals surface area contributed by atoms with Crippen LogP contribution in [0.5, 0.6) is 0 Å². The van der Waals surface area contributed by atoms with E-state index in [4.69, 9.17) is 4.74 Å². The van der Waals surface area contributed by atoms with Gasteiger partial charge in [0, 0.05) is 28.7 Å². The molecule has 1 aromatic carbocycles. The third-order valence-corrected chi connectivity index (χ3v) is 6.37. The second-order valence-corrected chi connectivity index (χ2v) is 9.40. The summed E-state index contributed by atoms with van der Waals surface area (Å²) in [4.78, 5) is 25.7. The molecular formula is C18H21BrFNO5S. The lowest BCUT2D eigenvalue weighted by Gasteiger charge is -2.27. The van der Waals surface area contributed by atoms with E-state index < -0.39 is 34.1 Å². The van der Waals surface area contributed by atoms with Crippen LogP contribution in [0.4, 0.5) is 4.39 Å². The van der Waals surface area contributed by atoms with Crippen molar-refractivity contribution < 1.29 is 27.1 Å². The van der Waals surface area contributed by atoms with Gasteiger partial charge in [-0.05, 0) is 37.1 Å². The Bertz CT molecular complexity index is 840. The number of hydrogen-bond donors (Lipinski definition) is 0. The quantitative estimate of drug-likeness (QED) is 0.460. The molecule has 27 heavy (non-hydrogen) atoms. The normalized spacial score (nSPS) is 18.6. The zero-order valence-electron chi connectivity index (χ0n) is 14.9. The van der Waals surface area contributed by atoms with Gasteiger partial charge in [-0.2, -0.15) is 0 Å². The van der Waals surface area contributed by atoms with Gasteiger partial charge >= 0.3 is 5.97 Å². The van der Waals surface area contributed by atoms with Crippen molar-refractivity contribution in [2.45, 2.75) is 25.8 Å².